The fourth-order valence-corrected chi connectivity index (χ4v) is 6.54. The Bertz CT molecular complexity index is 867. The first kappa shape index (κ1) is 21.6. The molecule has 2 aliphatic rings. The van der Waals surface area contributed by atoms with Crippen LogP contribution in [0.25, 0.3) is 0 Å². The van der Waals surface area contributed by atoms with Crippen molar-refractivity contribution in [3.63, 3.8) is 0 Å². The van der Waals surface area contributed by atoms with Gasteiger partial charge in [-0.25, -0.2) is 8.42 Å². The molecular weight excluding hydrogens is 423 g/mol. The largest absolute Gasteiger partial charge is 0.354 e. The number of halogens is 2. The Morgan fingerprint density at radius 2 is 1.86 bits per heavy atom. The number of nitrogens with one attached hydrogen (secondary N) is 1. The zero-order chi connectivity index (χ0) is 20.3. The molecule has 0 bridgehead atoms. The topological polar surface area (TPSA) is 83.6 Å². The van der Waals surface area contributed by atoms with Gasteiger partial charge < -0.3 is 5.32 Å². The summed E-state index contributed by atoms with van der Waals surface area (Å²) >= 11 is 12.5. The molecule has 2 fully saturated rings. The van der Waals surface area contributed by atoms with Gasteiger partial charge in [0.05, 0.1) is 26.7 Å². The summed E-state index contributed by atoms with van der Waals surface area (Å²) in [6.07, 6.45) is 4.26. The van der Waals surface area contributed by atoms with Crippen LogP contribution in [0.2, 0.25) is 10.0 Å². The highest BCUT2D eigenvalue weighted by Gasteiger charge is 2.31. The lowest BCUT2D eigenvalue weighted by atomic mass is 10.0. The number of piperazine rings is 1. The number of sulfone groups is 1. The Kier molecular flexibility index (Phi) is 7.02. The SMILES string of the molecule is O=C1CN(CCC(=O)c2cc(Cl)c(S(=O)(=O)C3CCCCC3)cc2Cl)CCN1. The lowest BCUT2D eigenvalue weighted by Gasteiger charge is -2.26. The molecule has 9 heteroatoms. The molecule has 0 spiro atoms. The number of carbonyl (C=O) groups is 2. The fourth-order valence-electron chi connectivity index (χ4n) is 3.79. The van der Waals surface area contributed by atoms with Crippen molar-refractivity contribution in [1.29, 1.82) is 0 Å². The van der Waals surface area contributed by atoms with E-state index < -0.39 is 15.1 Å². The zero-order valence-electron chi connectivity index (χ0n) is 15.5. The Labute approximate surface area is 175 Å². The monoisotopic (exact) mass is 446 g/mol. The van der Waals surface area contributed by atoms with Crippen molar-refractivity contribution in [2.75, 3.05) is 26.2 Å². The number of ketones is 1. The normalized spacial score (nSPS) is 19.4. The van der Waals surface area contributed by atoms with Crippen LogP contribution in [0.1, 0.15) is 48.9 Å². The van der Waals surface area contributed by atoms with E-state index in [2.05, 4.69) is 5.32 Å². The van der Waals surface area contributed by atoms with Crippen molar-refractivity contribution in [3.8, 4) is 0 Å². The van der Waals surface area contributed by atoms with Crippen molar-refractivity contribution in [3.05, 3.63) is 27.7 Å². The number of hydrogen-bond acceptors (Lipinski definition) is 5. The summed E-state index contributed by atoms with van der Waals surface area (Å²) in [5.41, 5.74) is 0.218. The maximum atomic E-state index is 12.9. The van der Waals surface area contributed by atoms with E-state index in [9.17, 15) is 18.0 Å². The van der Waals surface area contributed by atoms with Gasteiger partial charge in [-0.15, -0.1) is 0 Å². The first-order chi connectivity index (χ1) is 13.3. The van der Waals surface area contributed by atoms with Crippen molar-refractivity contribution in [2.24, 2.45) is 0 Å². The standard InChI is InChI=1S/C19H24Cl2N2O4S/c20-15-11-18(28(26,27)13-4-2-1-3-5-13)16(21)10-14(15)17(24)6-8-23-9-7-22-19(25)12-23/h10-11,13H,1-9,12H2,(H,22,25). The van der Waals surface area contributed by atoms with E-state index in [1.54, 1.807) is 0 Å². The minimum Gasteiger partial charge on any atom is -0.354 e. The summed E-state index contributed by atoms with van der Waals surface area (Å²) < 4.78 is 25.9. The molecule has 1 aromatic rings. The first-order valence-electron chi connectivity index (χ1n) is 9.54. The van der Waals surface area contributed by atoms with Crippen LogP contribution in [0.4, 0.5) is 0 Å². The molecule has 0 aromatic heterocycles. The molecule has 1 saturated carbocycles. The number of rotatable bonds is 6. The smallest absolute Gasteiger partial charge is 0.234 e. The third-order valence-electron chi connectivity index (χ3n) is 5.39. The van der Waals surface area contributed by atoms with Gasteiger partial charge in [0.2, 0.25) is 5.91 Å². The quantitative estimate of drug-likeness (QED) is 0.678. The van der Waals surface area contributed by atoms with Crippen LogP contribution in [-0.2, 0) is 14.6 Å². The van der Waals surface area contributed by atoms with Gasteiger partial charge in [-0.2, -0.15) is 0 Å². The molecule has 154 valence electrons. The molecule has 1 aromatic carbocycles. The molecule has 1 aliphatic heterocycles. The van der Waals surface area contributed by atoms with Gasteiger partial charge in [0, 0.05) is 31.6 Å². The van der Waals surface area contributed by atoms with Crippen molar-refractivity contribution >= 4 is 44.7 Å². The highest BCUT2D eigenvalue weighted by atomic mass is 35.5. The maximum Gasteiger partial charge on any atom is 0.234 e. The summed E-state index contributed by atoms with van der Waals surface area (Å²) in [6, 6.07) is 2.68. The van der Waals surface area contributed by atoms with Gasteiger partial charge in [-0.05, 0) is 25.0 Å². The van der Waals surface area contributed by atoms with Crippen LogP contribution in [0.15, 0.2) is 17.0 Å². The molecule has 6 nitrogen and oxygen atoms in total. The summed E-state index contributed by atoms with van der Waals surface area (Å²) in [6.45, 7) is 1.95. The van der Waals surface area contributed by atoms with E-state index in [-0.39, 0.29) is 45.2 Å². The Hall–Kier alpha value is -1.15. The lowest BCUT2D eigenvalue weighted by molar-refractivity contribution is -0.124. The number of hydrogen-bond donors (Lipinski definition) is 1. The molecule has 3 rings (SSSR count). The van der Waals surface area contributed by atoms with Gasteiger partial charge in [-0.1, -0.05) is 42.5 Å². The zero-order valence-corrected chi connectivity index (χ0v) is 17.9. The summed E-state index contributed by atoms with van der Waals surface area (Å²) in [5, 5.41) is 2.43. The molecule has 28 heavy (non-hydrogen) atoms. The van der Waals surface area contributed by atoms with Gasteiger partial charge in [0.15, 0.2) is 15.6 Å². The molecule has 1 amide bonds. The number of Topliss-reactive ketones (excluding diaryl/α,β-unsaturated/α-hetero) is 1. The van der Waals surface area contributed by atoms with E-state index in [1.165, 1.54) is 12.1 Å². The van der Waals surface area contributed by atoms with Gasteiger partial charge >= 0.3 is 0 Å². The highest BCUT2D eigenvalue weighted by Crippen LogP contribution is 2.35. The van der Waals surface area contributed by atoms with Gasteiger partial charge in [-0.3, -0.25) is 14.5 Å². The minimum atomic E-state index is -3.57. The van der Waals surface area contributed by atoms with Crippen molar-refractivity contribution in [1.82, 2.24) is 10.2 Å². The van der Waals surface area contributed by atoms with E-state index in [1.807, 2.05) is 4.90 Å². The average molecular weight is 447 g/mol. The van der Waals surface area contributed by atoms with Crippen molar-refractivity contribution in [2.45, 2.75) is 48.7 Å². The van der Waals surface area contributed by atoms with Gasteiger partial charge in [0.25, 0.3) is 0 Å². The summed E-state index contributed by atoms with van der Waals surface area (Å²) in [7, 11) is -3.57. The molecule has 1 aliphatic carbocycles. The minimum absolute atomic E-state index is 0.00955. The van der Waals surface area contributed by atoms with Crippen LogP contribution < -0.4 is 5.32 Å². The van der Waals surface area contributed by atoms with E-state index >= 15 is 0 Å². The van der Waals surface area contributed by atoms with Gasteiger partial charge in [0.1, 0.15) is 0 Å². The van der Waals surface area contributed by atoms with Crippen LogP contribution in [0.5, 0.6) is 0 Å². The molecule has 0 radical (unpaired) electrons. The van der Waals surface area contributed by atoms with E-state index in [0.717, 1.165) is 19.3 Å². The first-order valence-corrected chi connectivity index (χ1v) is 11.8. The Morgan fingerprint density at radius 3 is 2.54 bits per heavy atom. The van der Waals surface area contributed by atoms with Crippen molar-refractivity contribution < 1.29 is 18.0 Å². The molecule has 0 unspecified atom stereocenters. The molecular formula is C19H24Cl2N2O4S. The van der Waals surface area contributed by atoms with Crippen LogP contribution in [0.3, 0.4) is 0 Å². The second-order valence-corrected chi connectivity index (χ2v) is 10.4. The van der Waals surface area contributed by atoms with E-state index in [0.29, 0.717) is 32.5 Å². The summed E-state index contributed by atoms with van der Waals surface area (Å²) in [5.74, 6) is -0.281. The highest BCUT2D eigenvalue weighted by molar-refractivity contribution is 7.92. The molecule has 1 saturated heterocycles. The third-order valence-corrected chi connectivity index (χ3v) is 8.43. The fraction of sp³-hybridized carbons (Fsp3) is 0.579. The average Bonchev–Trinajstić information content (AvgIpc) is 2.68. The molecule has 1 N–H and O–H groups in total. The second kappa shape index (κ2) is 9.11. The predicted molar refractivity (Wildman–Crippen MR) is 109 cm³/mol. The van der Waals surface area contributed by atoms with Crippen LogP contribution in [0, 0.1) is 0 Å². The number of carbonyl (C=O) groups excluding carboxylic acids is 2. The number of nitrogens with zero attached hydrogens (tertiary/aromatic N) is 1. The van der Waals surface area contributed by atoms with E-state index in [4.69, 9.17) is 23.2 Å². The van der Waals surface area contributed by atoms with Crippen LogP contribution in [-0.4, -0.2) is 56.4 Å². The molecule has 1 heterocycles. The predicted octanol–water partition coefficient (Wildman–Crippen LogP) is 3.10. The molecule has 0 atom stereocenters. The number of benzene rings is 1. The Morgan fingerprint density at radius 1 is 1.14 bits per heavy atom. The summed E-state index contributed by atoms with van der Waals surface area (Å²) in [4.78, 5) is 25.9. The second-order valence-electron chi connectivity index (χ2n) is 7.37. The third kappa shape index (κ3) is 4.87. The van der Waals surface area contributed by atoms with Crippen LogP contribution >= 0.6 is 23.2 Å². The maximum absolute atomic E-state index is 12.9. The Balaban J connectivity index is 1.74. The number of amides is 1. The lowest BCUT2D eigenvalue weighted by Crippen LogP contribution is -2.48.